The summed E-state index contributed by atoms with van der Waals surface area (Å²) in [6, 6.07) is 18.9. The van der Waals surface area contributed by atoms with Crippen molar-refractivity contribution in [2.45, 2.75) is 13.8 Å². The molecule has 0 N–H and O–H groups in total. The minimum Gasteiger partial charge on any atom is -0.463 e. The number of benzene rings is 2. The van der Waals surface area contributed by atoms with Crippen molar-refractivity contribution in [1.29, 1.82) is 0 Å². The summed E-state index contributed by atoms with van der Waals surface area (Å²) >= 11 is 0. The molecule has 0 spiro atoms. The lowest BCUT2D eigenvalue weighted by Gasteiger charge is -2.10. The number of furan rings is 1. The van der Waals surface area contributed by atoms with Gasteiger partial charge in [0.15, 0.2) is 11.3 Å². The Bertz CT molecular complexity index is 1740. The Kier molecular flexibility index (Phi) is 4.19. The number of hydrogen-bond donors (Lipinski definition) is 0. The van der Waals surface area contributed by atoms with Gasteiger partial charge in [0.25, 0.3) is 5.56 Å². The van der Waals surface area contributed by atoms with Crippen LogP contribution in [-0.4, -0.2) is 30.4 Å². The Labute approximate surface area is 187 Å². The van der Waals surface area contributed by atoms with E-state index in [4.69, 9.17) is 19.4 Å². The normalized spacial score (nSPS) is 11.9. The molecule has 0 radical (unpaired) electrons. The molecule has 0 aliphatic rings. The SMILES string of the molecule is Cc1ccc(-n2c(C)nc3c(c2=O)c2nc4ccccc4nc2n3N=Cc2ccco2)cc1. The topological polar surface area (TPSA) is 91.1 Å². The molecule has 0 unspecified atom stereocenters. The summed E-state index contributed by atoms with van der Waals surface area (Å²) in [6.45, 7) is 3.81. The molecule has 4 heterocycles. The zero-order valence-electron chi connectivity index (χ0n) is 17.9. The molecule has 2 aromatic carbocycles. The molecule has 6 rings (SSSR count). The Morgan fingerprint density at radius 3 is 2.36 bits per heavy atom. The molecule has 160 valence electrons. The van der Waals surface area contributed by atoms with Crippen molar-refractivity contribution in [3.05, 3.63) is 94.4 Å². The molecule has 33 heavy (non-hydrogen) atoms. The van der Waals surface area contributed by atoms with Crippen LogP contribution in [0, 0.1) is 13.8 Å². The van der Waals surface area contributed by atoms with Crippen molar-refractivity contribution >= 4 is 39.4 Å². The van der Waals surface area contributed by atoms with Gasteiger partial charge in [0.1, 0.15) is 22.5 Å². The zero-order valence-corrected chi connectivity index (χ0v) is 17.9. The summed E-state index contributed by atoms with van der Waals surface area (Å²) in [5, 5.41) is 4.92. The summed E-state index contributed by atoms with van der Waals surface area (Å²) < 4.78 is 8.53. The average Bonchev–Trinajstić information content (AvgIpc) is 3.43. The van der Waals surface area contributed by atoms with Crippen molar-refractivity contribution in [2.75, 3.05) is 0 Å². The fourth-order valence-corrected chi connectivity index (χ4v) is 3.97. The predicted molar refractivity (Wildman–Crippen MR) is 127 cm³/mol. The molecule has 0 fully saturated rings. The van der Waals surface area contributed by atoms with Crippen LogP contribution in [0.5, 0.6) is 0 Å². The Morgan fingerprint density at radius 1 is 0.879 bits per heavy atom. The van der Waals surface area contributed by atoms with Gasteiger partial charge in [0, 0.05) is 0 Å². The maximum atomic E-state index is 13.8. The monoisotopic (exact) mass is 434 g/mol. The Balaban J connectivity index is 1.73. The van der Waals surface area contributed by atoms with Gasteiger partial charge in [-0.15, -0.1) is 0 Å². The largest absolute Gasteiger partial charge is 0.463 e. The van der Waals surface area contributed by atoms with Crippen molar-refractivity contribution in [1.82, 2.24) is 24.2 Å². The first-order valence-electron chi connectivity index (χ1n) is 10.5. The molecule has 0 aliphatic heterocycles. The second-order valence-corrected chi connectivity index (χ2v) is 7.79. The molecule has 0 saturated carbocycles. The van der Waals surface area contributed by atoms with Crippen LogP contribution in [0.4, 0.5) is 0 Å². The van der Waals surface area contributed by atoms with Crippen LogP contribution in [-0.2, 0) is 0 Å². The van der Waals surface area contributed by atoms with E-state index in [9.17, 15) is 4.79 Å². The smallest absolute Gasteiger partial charge is 0.269 e. The van der Waals surface area contributed by atoms with Crippen molar-refractivity contribution in [3.8, 4) is 5.69 Å². The maximum Gasteiger partial charge on any atom is 0.269 e. The van der Waals surface area contributed by atoms with Gasteiger partial charge < -0.3 is 4.42 Å². The van der Waals surface area contributed by atoms with Crippen molar-refractivity contribution < 1.29 is 4.42 Å². The molecule has 0 bridgehead atoms. The summed E-state index contributed by atoms with van der Waals surface area (Å²) in [5.41, 5.74) is 4.34. The lowest BCUT2D eigenvalue weighted by Crippen LogP contribution is -2.22. The molecule has 8 nitrogen and oxygen atoms in total. The highest BCUT2D eigenvalue weighted by atomic mass is 16.3. The summed E-state index contributed by atoms with van der Waals surface area (Å²) in [5.74, 6) is 1.11. The Hall–Kier alpha value is -4.59. The van der Waals surface area contributed by atoms with Gasteiger partial charge in [-0.05, 0) is 50.2 Å². The van der Waals surface area contributed by atoms with Gasteiger partial charge in [0.2, 0.25) is 0 Å². The maximum absolute atomic E-state index is 13.8. The highest BCUT2D eigenvalue weighted by Crippen LogP contribution is 2.26. The van der Waals surface area contributed by atoms with E-state index in [1.807, 2.05) is 55.5 Å². The van der Waals surface area contributed by atoms with E-state index in [0.717, 1.165) is 11.3 Å². The second-order valence-electron chi connectivity index (χ2n) is 7.79. The van der Waals surface area contributed by atoms with Gasteiger partial charge in [-0.1, -0.05) is 29.8 Å². The molecule has 6 aromatic rings. The van der Waals surface area contributed by atoms with Crippen LogP contribution in [0.1, 0.15) is 17.1 Å². The van der Waals surface area contributed by atoms with Crippen LogP contribution in [0.25, 0.3) is 38.9 Å². The lowest BCUT2D eigenvalue weighted by atomic mass is 10.2. The number of fused-ring (bicyclic) bond motifs is 4. The number of aryl methyl sites for hydroxylation is 2. The third-order valence-electron chi connectivity index (χ3n) is 5.56. The van der Waals surface area contributed by atoms with E-state index in [0.29, 0.717) is 44.8 Å². The highest BCUT2D eigenvalue weighted by molar-refractivity contribution is 6.05. The number of hydrogen-bond acceptors (Lipinski definition) is 6. The molecular formula is C25H18N6O2. The zero-order chi connectivity index (χ0) is 22.5. The van der Waals surface area contributed by atoms with Crippen LogP contribution < -0.4 is 5.56 Å². The summed E-state index contributed by atoms with van der Waals surface area (Å²) in [6.07, 6.45) is 3.14. The van der Waals surface area contributed by atoms with Crippen LogP contribution in [0.3, 0.4) is 0 Å². The van der Waals surface area contributed by atoms with Gasteiger partial charge >= 0.3 is 0 Å². The first-order valence-corrected chi connectivity index (χ1v) is 10.5. The average molecular weight is 434 g/mol. The quantitative estimate of drug-likeness (QED) is 0.386. The minimum absolute atomic E-state index is 0.220. The van der Waals surface area contributed by atoms with E-state index in [1.54, 1.807) is 40.8 Å². The third kappa shape index (κ3) is 3.03. The standard InChI is InChI=1S/C25H18N6O2/c1-15-9-11-17(12-10-15)30-16(2)27-23-21(25(30)32)22-24(29-20-8-4-3-7-19(20)28-22)31(23)26-14-18-6-5-13-33-18/h3-14H,1-2H3. The molecule has 4 aromatic heterocycles. The highest BCUT2D eigenvalue weighted by Gasteiger charge is 2.21. The van der Waals surface area contributed by atoms with Crippen molar-refractivity contribution in [2.24, 2.45) is 5.10 Å². The molecule has 8 heteroatoms. The molecule has 0 aliphatic carbocycles. The Morgan fingerprint density at radius 2 is 1.64 bits per heavy atom. The first kappa shape index (κ1) is 19.1. The molecule has 0 saturated heterocycles. The first-order chi connectivity index (χ1) is 16.1. The summed E-state index contributed by atoms with van der Waals surface area (Å²) in [4.78, 5) is 28.1. The van der Waals surface area contributed by atoms with Crippen LogP contribution in [0.15, 0.2) is 81.2 Å². The van der Waals surface area contributed by atoms with Gasteiger partial charge in [-0.25, -0.2) is 15.0 Å². The third-order valence-corrected chi connectivity index (χ3v) is 5.56. The number of rotatable bonds is 3. The van der Waals surface area contributed by atoms with E-state index in [1.165, 1.54) is 0 Å². The molecule has 0 atom stereocenters. The number of para-hydroxylation sites is 2. The molecular weight excluding hydrogens is 416 g/mol. The van der Waals surface area contributed by atoms with E-state index in [2.05, 4.69) is 5.10 Å². The summed E-state index contributed by atoms with van der Waals surface area (Å²) in [7, 11) is 0. The number of aromatic nitrogens is 5. The van der Waals surface area contributed by atoms with Crippen LogP contribution in [0.2, 0.25) is 0 Å². The van der Waals surface area contributed by atoms with Crippen molar-refractivity contribution in [3.63, 3.8) is 0 Å². The predicted octanol–water partition coefficient (Wildman–Crippen LogP) is 4.38. The van der Waals surface area contributed by atoms with Crippen LogP contribution >= 0.6 is 0 Å². The van der Waals surface area contributed by atoms with E-state index < -0.39 is 0 Å². The minimum atomic E-state index is -0.220. The number of nitrogens with zero attached hydrogens (tertiary/aromatic N) is 6. The van der Waals surface area contributed by atoms with E-state index in [-0.39, 0.29) is 5.56 Å². The van der Waals surface area contributed by atoms with E-state index >= 15 is 0 Å². The lowest BCUT2D eigenvalue weighted by molar-refractivity contribution is 0.559. The fourth-order valence-electron chi connectivity index (χ4n) is 3.97. The van der Waals surface area contributed by atoms with Gasteiger partial charge in [0.05, 0.1) is 29.2 Å². The molecule has 0 amide bonds. The van der Waals surface area contributed by atoms with Gasteiger partial charge in [-0.2, -0.15) is 9.78 Å². The van der Waals surface area contributed by atoms with Gasteiger partial charge in [-0.3, -0.25) is 9.36 Å². The fraction of sp³-hybridized carbons (Fsp3) is 0.0800. The second kappa shape index (κ2) is 7.23.